The maximum Gasteiger partial charge on any atom is 0.485 e. The highest BCUT2D eigenvalue weighted by Gasteiger charge is 2.53. The quantitative estimate of drug-likeness (QED) is 0.301. The summed E-state index contributed by atoms with van der Waals surface area (Å²) >= 11 is 0. The minimum Gasteiger partial charge on any atom is -0.429 e. The maximum atomic E-state index is 9.56. The predicted octanol–water partition coefficient (Wildman–Crippen LogP) is -3.67. The number of ether oxygens (including phenoxy) is 1. The molecule has 0 saturated carbocycles. The Morgan fingerprint density at radius 1 is 1.43 bits per heavy atom. The molecule has 0 spiro atoms. The molecule has 14 heavy (non-hydrogen) atoms. The zero-order chi connectivity index (χ0) is 10.8. The van der Waals surface area contributed by atoms with Gasteiger partial charge in [-0.1, -0.05) is 0 Å². The molecule has 81 valence electrons. The van der Waals surface area contributed by atoms with Gasteiger partial charge in [0.1, 0.15) is 18.3 Å². The summed E-state index contributed by atoms with van der Waals surface area (Å²) in [5.41, 5.74) is 0. The first-order chi connectivity index (χ1) is 6.55. The van der Waals surface area contributed by atoms with E-state index < -0.39 is 37.3 Å². The predicted molar refractivity (Wildman–Crippen MR) is 42.8 cm³/mol. The minimum atomic E-state index is -2.12. The highest BCUT2D eigenvalue weighted by Crippen LogP contribution is 2.29. The molecule has 0 aromatic carbocycles. The van der Waals surface area contributed by atoms with Crippen molar-refractivity contribution >= 4 is 7.69 Å². The van der Waals surface area contributed by atoms with E-state index >= 15 is 0 Å². The second-order valence-corrected chi connectivity index (χ2v) is 3.04. The highest BCUT2D eigenvalue weighted by molar-refractivity contribution is 6.15. The van der Waals surface area contributed by atoms with Crippen LogP contribution in [0, 0.1) is 0 Å². The molecule has 1 heterocycles. The molecule has 1 radical (unpaired) electrons. The van der Waals surface area contributed by atoms with Crippen LogP contribution >= 0.6 is 0 Å². The highest BCUT2D eigenvalue weighted by atomic mass is 16.7. The van der Waals surface area contributed by atoms with E-state index in [-0.39, 0.29) is 0 Å². The van der Waals surface area contributed by atoms with Crippen LogP contribution in [-0.4, -0.2) is 70.4 Å². The standard InChI is InChI=1S/C6H12BO7/c8-1-3-4(9)5(10)6(11,14-3)2-13-7-12/h3-5,8-12H,1-2H2/t3-,4-,5+,6?/m1/s1. The molecule has 0 aromatic rings. The number of rotatable bonds is 4. The molecule has 0 bridgehead atoms. The monoisotopic (exact) mass is 207 g/mol. The molecule has 1 saturated heterocycles. The fourth-order valence-electron chi connectivity index (χ4n) is 1.29. The number of aliphatic hydroxyl groups excluding tert-OH is 3. The lowest BCUT2D eigenvalue weighted by atomic mass is 10.1. The molecule has 8 heteroatoms. The van der Waals surface area contributed by atoms with Crippen molar-refractivity contribution in [1.29, 1.82) is 0 Å². The van der Waals surface area contributed by atoms with Gasteiger partial charge >= 0.3 is 7.69 Å². The molecule has 1 rings (SSSR count). The van der Waals surface area contributed by atoms with Gasteiger partial charge in [0, 0.05) is 0 Å². The van der Waals surface area contributed by atoms with Crippen molar-refractivity contribution in [3.63, 3.8) is 0 Å². The average molecular weight is 207 g/mol. The maximum absolute atomic E-state index is 9.56. The van der Waals surface area contributed by atoms with Crippen LogP contribution in [0.2, 0.25) is 0 Å². The number of aliphatic hydroxyl groups is 4. The van der Waals surface area contributed by atoms with E-state index in [1.165, 1.54) is 0 Å². The van der Waals surface area contributed by atoms with Gasteiger partial charge in [0.2, 0.25) is 5.79 Å². The van der Waals surface area contributed by atoms with Gasteiger partial charge in [0.15, 0.2) is 0 Å². The Balaban J connectivity index is 2.61. The first kappa shape index (κ1) is 11.9. The van der Waals surface area contributed by atoms with Crippen LogP contribution in [0.25, 0.3) is 0 Å². The van der Waals surface area contributed by atoms with Crippen LogP contribution in [0.15, 0.2) is 0 Å². The van der Waals surface area contributed by atoms with E-state index in [1.54, 1.807) is 0 Å². The molecule has 1 unspecified atom stereocenters. The lowest BCUT2D eigenvalue weighted by Crippen LogP contribution is -2.47. The Morgan fingerprint density at radius 3 is 2.50 bits per heavy atom. The summed E-state index contributed by atoms with van der Waals surface area (Å²) in [4.78, 5) is 0. The molecule has 0 aliphatic carbocycles. The molecule has 4 atom stereocenters. The Hall–Kier alpha value is -0.215. The first-order valence-electron chi connectivity index (χ1n) is 4.00. The van der Waals surface area contributed by atoms with Crippen molar-refractivity contribution in [3.05, 3.63) is 0 Å². The van der Waals surface area contributed by atoms with Crippen molar-refractivity contribution in [2.45, 2.75) is 24.1 Å². The van der Waals surface area contributed by atoms with Crippen molar-refractivity contribution < 1.29 is 34.8 Å². The first-order valence-corrected chi connectivity index (χ1v) is 4.00. The van der Waals surface area contributed by atoms with Crippen LogP contribution in [0.3, 0.4) is 0 Å². The van der Waals surface area contributed by atoms with E-state index in [1.807, 2.05) is 0 Å². The van der Waals surface area contributed by atoms with E-state index in [9.17, 15) is 15.3 Å². The van der Waals surface area contributed by atoms with Crippen molar-refractivity contribution in [2.24, 2.45) is 0 Å². The summed E-state index contributed by atoms with van der Waals surface area (Å²) in [7, 11) is 0.326. The minimum absolute atomic E-state index is 0.326. The molecule has 0 amide bonds. The van der Waals surface area contributed by atoms with Gasteiger partial charge in [-0.25, -0.2) is 0 Å². The Bertz CT molecular complexity index is 191. The average Bonchev–Trinajstić information content (AvgIpc) is 2.40. The summed E-state index contributed by atoms with van der Waals surface area (Å²) in [6, 6.07) is 0. The van der Waals surface area contributed by atoms with Crippen LogP contribution < -0.4 is 0 Å². The van der Waals surface area contributed by atoms with Gasteiger partial charge in [-0.15, -0.1) is 0 Å². The third-order valence-corrected chi connectivity index (χ3v) is 2.07. The molecule has 1 aliphatic heterocycles. The Kier molecular flexibility index (Phi) is 3.84. The SMILES string of the molecule is O[B]OCC1(O)O[C@H](CO)[C@@H](O)[C@@H]1O. The van der Waals surface area contributed by atoms with Crippen LogP contribution in [0.5, 0.6) is 0 Å². The van der Waals surface area contributed by atoms with E-state index in [2.05, 4.69) is 4.65 Å². The van der Waals surface area contributed by atoms with Crippen molar-refractivity contribution in [3.8, 4) is 0 Å². The second-order valence-electron chi connectivity index (χ2n) is 3.04. The third-order valence-electron chi connectivity index (χ3n) is 2.07. The summed E-state index contributed by atoms with van der Waals surface area (Å²) < 4.78 is 9.11. The van der Waals surface area contributed by atoms with Gasteiger partial charge in [-0.05, 0) is 0 Å². The Labute approximate surface area is 80.8 Å². The smallest absolute Gasteiger partial charge is 0.429 e. The van der Waals surface area contributed by atoms with Crippen LogP contribution in [0.4, 0.5) is 0 Å². The van der Waals surface area contributed by atoms with E-state index in [0.717, 1.165) is 0 Å². The van der Waals surface area contributed by atoms with E-state index in [4.69, 9.17) is 14.9 Å². The fraction of sp³-hybridized carbons (Fsp3) is 1.00. The topological polar surface area (TPSA) is 120 Å². The van der Waals surface area contributed by atoms with Crippen molar-refractivity contribution in [2.75, 3.05) is 13.2 Å². The normalized spacial score (nSPS) is 42.8. The third kappa shape index (κ3) is 2.06. The van der Waals surface area contributed by atoms with Gasteiger partial charge in [0.05, 0.1) is 13.2 Å². The molecule has 1 aliphatic rings. The number of hydrogen-bond donors (Lipinski definition) is 5. The zero-order valence-electron chi connectivity index (χ0n) is 7.28. The zero-order valence-corrected chi connectivity index (χ0v) is 7.28. The van der Waals surface area contributed by atoms with Gasteiger partial charge in [-0.2, -0.15) is 0 Å². The summed E-state index contributed by atoms with van der Waals surface area (Å²) in [5.74, 6) is -2.12. The fourth-order valence-corrected chi connectivity index (χ4v) is 1.29. The lowest BCUT2D eigenvalue weighted by Gasteiger charge is -2.25. The molecule has 5 N–H and O–H groups in total. The summed E-state index contributed by atoms with van der Waals surface area (Å²) in [5, 5.41) is 45.1. The van der Waals surface area contributed by atoms with E-state index in [0.29, 0.717) is 7.69 Å². The van der Waals surface area contributed by atoms with Crippen LogP contribution in [0.1, 0.15) is 0 Å². The van der Waals surface area contributed by atoms with Crippen LogP contribution in [-0.2, 0) is 9.39 Å². The summed E-state index contributed by atoms with van der Waals surface area (Å²) in [6.07, 6.45) is -4.07. The second kappa shape index (κ2) is 4.54. The molecule has 1 fully saturated rings. The van der Waals surface area contributed by atoms with Gasteiger partial charge < -0.3 is 34.8 Å². The molecule has 7 nitrogen and oxygen atoms in total. The Morgan fingerprint density at radius 2 is 2.07 bits per heavy atom. The molecular weight excluding hydrogens is 195 g/mol. The lowest BCUT2D eigenvalue weighted by molar-refractivity contribution is -0.245. The molecular formula is C6H12BO7. The molecule has 0 aromatic heterocycles. The van der Waals surface area contributed by atoms with Gasteiger partial charge in [-0.3, -0.25) is 0 Å². The summed E-state index contributed by atoms with van der Waals surface area (Å²) in [6.45, 7) is -1.08. The number of hydrogen-bond acceptors (Lipinski definition) is 7. The van der Waals surface area contributed by atoms with Gasteiger partial charge in [0.25, 0.3) is 0 Å². The largest absolute Gasteiger partial charge is 0.485 e. The van der Waals surface area contributed by atoms with Crippen molar-refractivity contribution in [1.82, 2.24) is 0 Å².